The minimum Gasteiger partial charge on any atom is -0.460 e. The molecule has 0 aliphatic carbocycles. The molecule has 1 N–H and O–H groups in total. The summed E-state index contributed by atoms with van der Waals surface area (Å²) in [7, 11) is 6.23. The van der Waals surface area contributed by atoms with E-state index in [2.05, 4.69) is 31.1 Å². The molecule has 1 rings (SSSR count). The second kappa shape index (κ2) is 6.39. The Morgan fingerprint density at radius 2 is 2.24 bits per heavy atom. The van der Waals surface area contributed by atoms with Crippen molar-refractivity contribution < 1.29 is 14.0 Å². The molecule has 0 spiro atoms. The maximum absolute atomic E-state index is 11.4. The number of carbonyl (C=O) groups excluding carboxylic acids is 1. The van der Waals surface area contributed by atoms with Crippen molar-refractivity contribution in [3.63, 3.8) is 0 Å². The number of aromatic amines is 1. The molecule has 0 atom stereocenters. The largest absolute Gasteiger partial charge is 0.460 e. The lowest BCUT2D eigenvalue weighted by atomic mass is 10.2. The molecule has 1 aromatic heterocycles. The van der Waals surface area contributed by atoms with Gasteiger partial charge in [0.1, 0.15) is 13.2 Å². The average molecular weight is 240 g/mol. The van der Waals surface area contributed by atoms with E-state index in [9.17, 15) is 4.79 Å². The maximum Gasteiger partial charge on any atom is 0.306 e. The van der Waals surface area contributed by atoms with Crippen molar-refractivity contribution >= 4 is 5.97 Å². The van der Waals surface area contributed by atoms with E-state index < -0.39 is 0 Å². The smallest absolute Gasteiger partial charge is 0.306 e. The summed E-state index contributed by atoms with van der Waals surface area (Å²) in [4.78, 5) is 18.3. The van der Waals surface area contributed by atoms with E-state index in [1.54, 1.807) is 12.5 Å². The normalized spacial score (nSPS) is 11.5. The van der Waals surface area contributed by atoms with Crippen molar-refractivity contribution in [3.8, 4) is 0 Å². The first kappa shape index (κ1) is 13.7. The van der Waals surface area contributed by atoms with Gasteiger partial charge in [0.05, 0.1) is 27.5 Å². The Morgan fingerprint density at radius 3 is 2.82 bits per heavy atom. The Kier molecular flexibility index (Phi) is 5.15. The number of nitrogens with zero attached hydrogens (tertiary/aromatic N) is 2. The van der Waals surface area contributed by atoms with Crippen LogP contribution in [0, 0.1) is 0 Å². The van der Waals surface area contributed by atoms with Gasteiger partial charge in [0.25, 0.3) is 0 Å². The predicted molar refractivity (Wildman–Crippen MR) is 65.4 cm³/mol. The SMILES string of the molecule is C[N+](C)(C)CCOC(=O)CCCc1cnc[nH]1. The molecule has 0 radical (unpaired) electrons. The molecule has 1 heterocycles. The van der Waals surface area contributed by atoms with E-state index in [-0.39, 0.29) is 5.97 Å². The fourth-order valence-corrected chi connectivity index (χ4v) is 1.35. The number of hydrogen-bond acceptors (Lipinski definition) is 3. The maximum atomic E-state index is 11.4. The van der Waals surface area contributed by atoms with Crippen molar-refractivity contribution in [3.05, 3.63) is 18.2 Å². The van der Waals surface area contributed by atoms with Crippen molar-refractivity contribution in [1.29, 1.82) is 0 Å². The number of H-pyrrole nitrogens is 1. The standard InChI is InChI=1S/C12H22N3O2/c1-15(2,3)7-8-17-12(16)6-4-5-11-9-13-10-14-11/h9-10H,4-8H2,1-3H3,(H,13,14)/q+1. The van der Waals surface area contributed by atoms with Gasteiger partial charge in [0, 0.05) is 18.3 Å². The first-order valence-corrected chi connectivity index (χ1v) is 5.91. The Hall–Kier alpha value is -1.36. The van der Waals surface area contributed by atoms with Gasteiger partial charge in [0.2, 0.25) is 0 Å². The zero-order valence-electron chi connectivity index (χ0n) is 10.9. The molecular formula is C12H22N3O2+. The van der Waals surface area contributed by atoms with E-state index in [0.717, 1.165) is 29.6 Å². The number of aromatic nitrogens is 2. The number of quaternary nitrogens is 1. The topological polar surface area (TPSA) is 55.0 Å². The molecule has 0 aliphatic rings. The zero-order valence-corrected chi connectivity index (χ0v) is 10.9. The summed E-state index contributed by atoms with van der Waals surface area (Å²) >= 11 is 0. The van der Waals surface area contributed by atoms with Gasteiger partial charge in [-0.25, -0.2) is 4.98 Å². The number of carbonyl (C=O) groups is 1. The zero-order chi connectivity index (χ0) is 12.7. The van der Waals surface area contributed by atoms with E-state index in [4.69, 9.17) is 4.74 Å². The number of rotatable bonds is 7. The van der Waals surface area contributed by atoms with Gasteiger partial charge in [-0.3, -0.25) is 4.79 Å². The molecule has 0 saturated carbocycles. The number of ether oxygens (including phenoxy) is 1. The van der Waals surface area contributed by atoms with Crippen LogP contribution in [0.25, 0.3) is 0 Å². The highest BCUT2D eigenvalue weighted by atomic mass is 16.5. The number of hydrogen-bond donors (Lipinski definition) is 1. The third kappa shape index (κ3) is 6.73. The van der Waals surface area contributed by atoms with Crippen LogP contribution in [0.4, 0.5) is 0 Å². The summed E-state index contributed by atoms with van der Waals surface area (Å²) < 4.78 is 5.96. The molecule has 1 aromatic rings. The Balaban J connectivity index is 2.05. The van der Waals surface area contributed by atoms with Crippen LogP contribution in [0.5, 0.6) is 0 Å². The van der Waals surface area contributed by atoms with Crippen molar-refractivity contribution in [2.45, 2.75) is 19.3 Å². The number of esters is 1. The molecule has 5 heteroatoms. The van der Waals surface area contributed by atoms with Crippen LogP contribution in [-0.2, 0) is 16.0 Å². The van der Waals surface area contributed by atoms with Crippen LogP contribution in [0.15, 0.2) is 12.5 Å². The lowest BCUT2D eigenvalue weighted by molar-refractivity contribution is -0.870. The molecule has 0 bridgehead atoms. The van der Waals surface area contributed by atoms with Gasteiger partial charge in [-0.2, -0.15) is 0 Å². The number of imidazole rings is 1. The minimum atomic E-state index is -0.113. The Bertz CT molecular complexity index is 328. The Morgan fingerprint density at radius 1 is 1.47 bits per heavy atom. The highest BCUT2D eigenvalue weighted by molar-refractivity contribution is 5.69. The van der Waals surface area contributed by atoms with Crippen molar-refractivity contribution in [2.75, 3.05) is 34.3 Å². The monoisotopic (exact) mass is 240 g/mol. The van der Waals surface area contributed by atoms with Crippen LogP contribution in [0.3, 0.4) is 0 Å². The quantitative estimate of drug-likeness (QED) is 0.571. The summed E-state index contributed by atoms with van der Waals surface area (Å²) in [5.41, 5.74) is 1.06. The number of nitrogens with one attached hydrogen (secondary N) is 1. The first-order valence-electron chi connectivity index (χ1n) is 5.91. The van der Waals surface area contributed by atoms with E-state index in [1.165, 1.54) is 0 Å². The third-order valence-corrected chi connectivity index (χ3v) is 2.41. The highest BCUT2D eigenvalue weighted by Crippen LogP contribution is 2.01. The van der Waals surface area contributed by atoms with Crippen LogP contribution >= 0.6 is 0 Å². The fourth-order valence-electron chi connectivity index (χ4n) is 1.35. The molecule has 0 aromatic carbocycles. The highest BCUT2D eigenvalue weighted by Gasteiger charge is 2.09. The average Bonchev–Trinajstić information content (AvgIpc) is 2.68. The molecule has 96 valence electrons. The summed E-state index contributed by atoms with van der Waals surface area (Å²) in [5.74, 6) is -0.113. The van der Waals surface area contributed by atoms with Gasteiger partial charge in [-0.15, -0.1) is 0 Å². The molecule has 5 nitrogen and oxygen atoms in total. The van der Waals surface area contributed by atoms with E-state index >= 15 is 0 Å². The summed E-state index contributed by atoms with van der Waals surface area (Å²) in [6.07, 6.45) is 5.53. The molecule has 0 aliphatic heterocycles. The fraction of sp³-hybridized carbons (Fsp3) is 0.667. The lowest BCUT2D eigenvalue weighted by Crippen LogP contribution is -2.38. The minimum absolute atomic E-state index is 0.113. The number of aryl methyl sites for hydroxylation is 1. The van der Waals surface area contributed by atoms with Gasteiger partial charge >= 0.3 is 5.97 Å². The molecule has 0 saturated heterocycles. The summed E-state index contributed by atoms with van der Waals surface area (Å²) in [5, 5.41) is 0. The molecule has 0 unspecified atom stereocenters. The van der Waals surface area contributed by atoms with Gasteiger partial charge in [-0.1, -0.05) is 0 Å². The van der Waals surface area contributed by atoms with Gasteiger partial charge in [-0.05, 0) is 12.8 Å². The van der Waals surface area contributed by atoms with Crippen molar-refractivity contribution in [1.82, 2.24) is 9.97 Å². The molecule has 17 heavy (non-hydrogen) atoms. The van der Waals surface area contributed by atoms with Crippen LogP contribution in [-0.4, -0.2) is 54.7 Å². The lowest BCUT2D eigenvalue weighted by Gasteiger charge is -2.23. The summed E-state index contributed by atoms with van der Waals surface area (Å²) in [6.45, 7) is 1.33. The van der Waals surface area contributed by atoms with Gasteiger partial charge in [0.15, 0.2) is 0 Å². The second-order valence-corrected chi connectivity index (χ2v) is 5.16. The molecule has 0 fully saturated rings. The predicted octanol–water partition coefficient (Wildman–Crippen LogP) is 0.982. The van der Waals surface area contributed by atoms with E-state index in [0.29, 0.717) is 13.0 Å². The van der Waals surface area contributed by atoms with Gasteiger partial charge < -0.3 is 14.2 Å². The molecular weight excluding hydrogens is 218 g/mol. The summed E-state index contributed by atoms with van der Waals surface area (Å²) in [6, 6.07) is 0. The molecule has 0 amide bonds. The van der Waals surface area contributed by atoms with E-state index in [1.807, 2.05) is 0 Å². The van der Waals surface area contributed by atoms with Crippen LogP contribution < -0.4 is 0 Å². The van der Waals surface area contributed by atoms with Crippen molar-refractivity contribution in [2.24, 2.45) is 0 Å². The van der Waals surface area contributed by atoms with Crippen LogP contribution in [0.1, 0.15) is 18.5 Å². The Labute approximate surface area is 102 Å². The first-order chi connectivity index (χ1) is 7.97. The van der Waals surface area contributed by atoms with Crippen LogP contribution in [0.2, 0.25) is 0 Å². The third-order valence-electron chi connectivity index (χ3n) is 2.41. The second-order valence-electron chi connectivity index (χ2n) is 5.16. The number of likely N-dealkylation sites (N-methyl/N-ethyl adjacent to an activating group) is 1.